The summed E-state index contributed by atoms with van der Waals surface area (Å²) >= 11 is 0. The van der Waals surface area contributed by atoms with E-state index in [-0.39, 0.29) is 16.8 Å². The van der Waals surface area contributed by atoms with Gasteiger partial charge in [0.25, 0.3) is 0 Å². The van der Waals surface area contributed by atoms with E-state index < -0.39 is 9.84 Å². The average molecular weight is 308 g/mol. The smallest absolute Gasteiger partial charge is 0.175 e. The molecule has 2 aromatic carbocycles. The van der Waals surface area contributed by atoms with Crippen molar-refractivity contribution < 1.29 is 12.8 Å². The lowest BCUT2D eigenvalue weighted by Crippen LogP contribution is -2.29. The lowest BCUT2D eigenvalue weighted by Gasteiger charge is -2.17. The van der Waals surface area contributed by atoms with E-state index in [2.05, 4.69) is 5.43 Å². The van der Waals surface area contributed by atoms with E-state index in [1.807, 2.05) is 6.07 Å². The minimum atomic E-state index is -3.26. The maximum Gasteiger partial charge on any atom is 0.175 e. The molecule has 0 aromatic heterocycles. The molecular formula is C15H17FN2O2S. The fraction of sp³-hybridized carbons (Fsp3) is 0.200. The van der Waals surface area contributed by atoms with E-state index in [0.717, 1.165) is 17.4 Å². The number of nitrogens with two attached hydrogens (primary N) is 1. The molecule has 0 radical (unpaired) electrons. The molecule has 0 spiro atoms. The zero-order valence-electron chi connectivity index (χ0n) is 11.6. The summed E-state index contributed by atoms with van der Waals surface area (Å²) in [6.45, 7) is 0. The molecule has 0 saturated carbocycles. The normalized spacial score (nSPS) is 13.1. The Morgan fingerprint density at radius 3 is 2.43 bits per heavy atom. The summed E-state index contributed by atoms with van der Waals surface area (Å²) < 4.78 is 36.1. The summed E-state index contributed by atoms with van der Waals surface area (Å²) in [5.74, 6) is 5.27. The van der Waals surface area contributed by atoms with Gasteiger partial charge in [-0.1, -0.05) is 24.3 Å². The molecule has 6 heteroatoms. The van der Waals surface area contributed by atoms with Crippen molar-refractivity contribution in [3.8, 4) is 0 Å². The molecule has 0 aliphatic carbocycles. The lowest BCUT2D eigenvalue weighted by molar-refractivity contribution is 0.549. The summed E-state index contributed by atoms with van der Waals surface area (Å²) in [5, 5.41) is 0. The van der Waals surface area contributed by atoms with Gasteiger partial charge in [-0.25, -0.2) is 12.8 Å². The Labute approximate surface area is 123 Å². The molecule has 112 valence electrons. The molecule has 3 N–H and O–H groups in total. The second-order valence-corrected chi connectivity index (χ2v) is 6.91. The molecule has 21 heavy (non-hydrogen) atoms. The molecule has 1 atom stereocenters. The van der Waals surface area contributed by atoms with Gasteiger partial charge in [0, 0.05) is 6.26 Å². The van der Waals surface area contributed by atoms with Gasteiger partial charge in [0.2, 0.25) is 0 Å². The minimum absolute atomic E-state index is 0.249. The molecule has 2 aromatic rings. The zero-order chi connectivity index (χ0) is 15.5. The van der Waals surface area contributed by atoms with Crippen LogP contribution in [-0.4, -0.2) is 14.7 Å². The predicted molar refractivity (Wildman–Crippen MR) is 79.7 cm³/mol. The Balaban J connectivity index is 2.27. The standard InChI is InChI=1S/C15H17FN2O2S/c1-21(19,20)14-4-2-3-12(10-14)15(18-17)9-11-5-7-13(16)8-6-11/h2-8,10,15,18H,9,17H2,1H3. The van der Waals surface area contributed by atoms with Gasteiger partial charge in [0.15, 0.2) is 9.84 Å². The van der Waals surface area contributed by atoms with Crippen molar-refractivity contribution in [3.05, 3.63) is 65.5 Å². The first kappa shape index (κ1) is 15.6. The second-order valence-electron chi connectivity index (χ2n) is 4.89. The highest BCUT2D eigenvalue weighted by Crippen LogP contribution is 2.21. The number of hydrazine groups is 1. The van der Waals surface area contributed by atoms with E-state index in [1.54, 1.807) is 30.3 Å². The minimum Gasteiger partial charge on any atom is -0.271 e. The van der Waals surface area contributed by atoms with Crippen molar-refractivity contribution in [2.24, 2.45) is 5.84 Å². The Kier molecular flexibility index (Phi) is 4.72. The summed E-state index contributed by atoms with van der Waals surface area (Å²) in [6, 6.07) is 12.5. The Bertz CT molecular complexity index is 715. The first-order chi connectivity index (χ1) is 9.90. The SMILES string of the molecule is CS(=O)(=O)c1cccc(C(Cc2ccc(F)cc2)NN)c1. The molecule has 0 heterocycles. The van der Waals surface area contributed by atoms with Crippen molar-refractivity contribution in [1.82, 2.24) is 5.43 Å². The molecular weight excluding hydrogens is 291 g/mol. The third kappa shape index (κ3) is 4.10. The van der Waals surface area contributed by atoms with E-state index >= 15 is 0 Å². The highest BCUT2D eigenvalue weighted by molar-refractivity contribution is 7.90. The van der Waals surface area contributed by atoms with Crippen molar-refractivity contribution in [2.45, 2.75) is 17.4 Å². The molecule has 0 amide bonds. The van der Waals surface area contributed by atoms with Crippen molar-refractivity contribution >= 4 is 9.84 Å². The molecule has 2 rings (SSSR count). The maximum absolute atomic E-state index is 12.9. The van der Waals surface area contributed by atoms with Crippen molar-refractivity contribution in [3.63, 3.8) is 0 Å². The highest BCUT2D eigenvalue weighted by Gasteiger charge is 2.14. The van der Waals surface area contributed by atoms with E-state index in [9.17, 15) is 12.8 Å². The molecule has 1 unspecified atom stereocenters. The van der Waals surface area contributed by atoms with Gasteiger partial charge in [-0.05, 0) is 41.8 Å². The number of hydrogen-bond acceptors (Lipinski definition) is 4. The first-order valence-electron chi connectivity index (χ1n) is 6.41. The molecule has 0 fully saturated rings. The second kappa shape index (κ2) is 6.34. The van der Waals surface area contributed by atoms with Crippen LogP contribution in [0.4, 0.5) is 4.39 Å². The molecule has 0 bridgehead atoms. The van der Waals surface area contributed by atoms with Gasteiger partial charge in [-0.3, -0.25) is 11.3 Å². The van der Waals surface area contributed by atoms with Gasteiger partial charge in [0.05, 0.1) is 10.9 Å². The number of halogens is 1. The lowest BCUT2D eigenvalue weighted by atomic mass is 9.99. The van der Waals surface area contributed by atoms with Crippen molar-refractivity contribution in [2.75, 3.05) is 6.26 Å². The van der Waals surface area contributed by atoms with Crippen LogP contribution in [0.25, 0.3) is 0 Å². The van der Waals surface area contributed by atoms with Crippen LogP contribution in [-0.2, 0) is 16.3 Å². The van der Waals surface area contributed by atoms with E-state index in [0.29, 0.717) is 6.42 Å². The number of rotatable bonds is 5. The summed E-state index contributed by atoms with van der Waals surface area (Å²) in [6.07, 6.45) is 1.70. The summed E-state index contributed by atoms with van der Waals surface area (Å²) in [7, 11) is -3.26. The van der Waals surface area contributed by atoms with Crippen LogP contribution in [0.15, 0.2) is 53.4 Å². The number of hydrogen-bond donors (Lipinski definition) is 2. The molecule has 0 saturated heterocycles. The van der Waals surface area contributed by atoms with Crippen LogP contribution >= 0.6 is 0 Å². The van der Waals surface area contributed by atoms with Crippen LogP contribution in [0.3, 0.4) is 0 Å². The third-order valence-electron chi connectivity index (χ3n) is 3.24. The van der Waals surface area contributed by atoms with Crippen molar-refractivity contribution in [1.29, 1.82) is 0 Å². The Morgan fingerprint density at radius 2 is 1.86 bits per heavy atom. The van der Waals surface area contributed by atoms with E-state index in [1.165, 1.54) is 12.1 Å². The predicted octanol–water partition coefficient (Wildman–Crippen LogP) is 1.98. The quantitative estimate of drug-likeness (QED) is 0.654. The topological polar surface area (TPSA) is 72.2 Å². The van der Waals surface area contributed by atoms with Crippen LogP contribution in [0, 0.1) is 5.82 Å². The van der Waals surface area contributed by atoms with Crippen LogP contribution in [0.2, 0.25) is 0 Å². The molecule has 0 aliphatic heterocycles. The molecule has 4 nitrogen and oxygen atoms in total. The largest absolute Gasteiger partial charge is 0.271 e. The monoisotopic (exact) mass is 308 g/mol. The van der Waals surface area contributed by atoms with Gasteiger partial charge in [0.1, 0.15) is 5.82 Å². The number of nitrogens with one attached hydrogen (secondary N) is 1. The summed E-state index contributed by atoms with van der Waals surface area (Å²) in [4.78, 5) is 0.249. The number of benzene rings is 2. The first-order valence-corrected chi connectivity index (χ1v) is 8.30. The average Bonchev–Trinajstić information content (AvgIpc) is 2.46. The maximum atomic E-state index is 12.9. The van der Waals surface area contributed by atoms with E-state index in [4.69, 9.17) is 5.84 Å². The number of sulfone groups is 1. The highest BCUT2D eigenvalue weighted by atomic mass is 32.2. The van der Waals surface area contributed by atoms with Crippen LogP contribution in [0.5, 0.6) is 0 Å². The van der Waals surface area contributed by atoms with Crippen LogP contribution < -0.4 is 11.3 Å². The third-order valence-corrected chi connectivity index (χ3v) is 4.35. The Morgan fingerprint density at radius 1 is 1.19 bits per heavy atom. The zero-order valence-corrected chi connectivity index (χ0v) is 12.4. The van der Waals surface area contributed by atoms with Gasteiger partial charge in [-0.2, -0.15) is 0 Å². The van der Waals surface area contributed by atoms with Gasteiger partial charge in [-0.15, -0.1) is 0 Å². The Hall–Kier alpha value is -1.76. The fourth-order valence-corrected chi connectivity index (χ4v) is 2.77. The fourth-order valence-electron chi connectivity index (χ4n) is 2.09. The van der Waals surface area contributed by atoms with Gasteiger partial charge < -0.3 is 0 Å². The van der Waals surface area contributed by atoms with Crippen LogP contribution in [0.1, 0.15) is 17.2 Å². The molecule has 0 aliphatic rings. The summed E-state index contributed by atoms with van der Waals surface area (Å²) in [5.41, 5.74) is 4.35. The van der Waals surface area contributed by atoms with Gasteiger partial charge >= 0.3 is 0 Å².